The third-order valence-corrected chi connectivity index (χ3v) is 7.13. The average Bonchev–Trinajstić information content (AvgIpc) is 2.37. The minimum atomic E-state index is -0.309. The maximum Gasteiger partial charge on any atom is 0.345 e. The number of halogens is 4. The molecule has 2 aromatic carbocycles. The monoisotopic (exact) mass is 702 g/mol. The third-order valence-electron chi connectivity index (χ3n) is 2.29. The van der Waals surface area contributed by atoms with Crippen molar-refractivity contribution in [2.45, 2.75) is 0 Å². The molecule has 0 saturated carbocycles. The van der Waals surface area contributed by atoms with Gasteiger partial charge in [-0.15, -0.1) is 0 Å². The van der Waals surface area contributed by atoms with Crippen LogP contribution in [0.5, 0.6) is 5.75 Å². The molecule has 2 rings (SSSR count). The summed E-state index contributed by atoms with van der Waals surface area (Å²) in [5, 5.41) is 0. The zero-order chi connectivity index (χ0) is 14.0. The van der Waals surface area contributed by atoms with E-state index in [2.05, 4.69) is 90.4 Å². The van der Waals surface area contributed by atoms with Gasteiger partial charge in [0, 0.05) is 10.7 Å². The Morgan fingerprint density at radius 3 is 2.16 bits per heavy atom. The van der Waals surface area contributed by atoms with Crippen molar-refractivity contribution < 1.29 is 9.53 Å². The molecule has 0 bridgehead atoms. The highest BCUT2D eigenvalue weighted by atomic mass is 127. The summed E-state index contributed by atoms with van der Waals surface area (Å²) in [6.07, 6.45) is 0. The number of esters is 1. The number of rotatable bonds is 2. The van der Waals surface area contributed by atoms with Crippen molar-refractivity contribution in [3.63, 3.8) is 0 Å². The standard InChI is InChI=1S/C13H6I4O2/c14-7-3-1-2-4-10(7)19-13(18)11-8(15)5-6-9(16)12(11)17/h1-6H. The molecule has 98 valence electrons. The second-order valence-corrected chi connectivity index (χ2v) is 8.10. The summed E-state index contributed by atoms with van der Waals surface area (Å²) in [5.41, 5.74) is 0.632. The first kappa shape index (κ1) is 16.2. The van der Waals surface area contributed by atoms with Crippen LogP contribution in [0.25, 0.3) is 0 Å². The summed E-state index contributed by atoms with van der Waals surface area (Å²) in [4.78, 5) is 12.3. The summed E-state index contributed by atoms with van der Waals surface area (Å²) >= 11 is 8.71. The maximum absolute atomic E-state index is 12.3. The Bertz CT molecular complexity index is 641. The Morgan fingerprint density at radius 1 is 0.842 bits per heavy atom. The molecule has 0 aliphatic heterocycles. The minimum absolute atomic E-state index is 0.309. The van der Waals surface area contributed by atoms with Crippen LogP contribution in [0, 0.1) is 14.3 Å². The van der Waals surface area contributed by atoms with Gasteiger partial charge >= 0.3 is 5.97 Å². The highest BCUT2D eigenvalue weighted by molar-refractivity contribution is 14.1. The molecule has 2 nitrogen and oxygen atoms in total. The Labute approximate surface area is 165 Å². The molecule has 0 amide bonds. The van der Waals surface area contributed by atoms with Gasteiger partial charge in [0.25, 0.3) is 0 Å². The smallest absolute Gasteiger partial charge is 0.345 e. The van der Waals surface area contributed by atoms with Crippen LogP contribution >= 0.6 is 90.4 Å². The molecule has 0 aromatic heterocycles. The molecule has 19 heavy (non-hydrogen) atoms. The van der Waals surface area contributed by atoms with Gasteiger partial charge in [0.1, 0.15) is 5.75 Å². The molecule has 0 unspecified atom stereocenters. The molecule has 0 aliphatic rings. The number of hydrogen-bond donors (Lipinski definition) is 0. The first-order valence-corrected chi connectivity index (χ1v) is 9.42. The summed E-state index contributed by atoms with van der Waals surface area (Å²) in [6.45, 7) is 0. The van der Waals surface area contributed by atoms with E-state index in [-0.39, 0.29) is 5.97 Å². The lowest BCUT2D eigenvalue weighted by atomic mass is 10.2. The van der Waals surface area contributed by atoms with Crippen molar-refractivity contribution in [1.29, 1.82) is 0 Å². The molecule has 0 atom stereocenters. The second kappa shape index (κ2) is 7.20. The van der Waals surface area contributed by atoms with Crippen LogP contribution in [0.2, 0.25) is 0 Å². The zero-order valence-corrected chi connectivity index (χ0v) is 17.9. The topological polar surface area (TPSA) is 26.3 Å². The fourth-order valence-corrected chi connectivity index (χ4v) is 4.22. The molecule has 0 saturated heterocycles. The van der Waals surface area contributed by atoms with Crippen LogP contribution in [-0.2, 0) is 0 Å². The molecule has 0 radical (unpaired) electrons. The SMILES string of the molecule is O=C(Oc1ccccc1I)c1c(I)ccc(I)c1I. The highest BCUT2D eigenvalue weighted by Gasteiger charge is 2.19. The van der Waals surface area contributed by atoms with Gasteiger partial charge in [0.15, 0.2) is 0 Å². The van der Waals surface area contributed by atoms with Crippen molar-refractivity contribution in [1.82, 2.24) is 0 Å². The van der Waals surface area contributed by atoms with Gasteiger partial charge in [-0.05, 0) is 115 Å². The Kier molecular flexibility index (Phi) is 6.14. The van der Waals surface area contributed by atoms with Gasteiger partial charge < -0.3 is 4.74 Å². The first-order valence-electron chi connectivity index (χ1n) is 5.11. The van der Waals surface area contributed by atoms with E-state index in [1.54, 1.807) is 6.07 Å². The molecule has 2 aromatic rings. The van der Waals surface area contributed by atoms with Crippen LogP contribution in [0.3, 0.4) is 0 Å². The van der Waals surface area contributed by atoms with E-state index < -0.39 is 0 Å². The van der Waals surface area contributed by atoms with Gasteiger partial charge in [0.2, 0.25) is 0 Å². The number of carbonyl (C=O) groups is 1. The van der Waals surface area contributed by atoms with Gasteiger partial charge in [-0.1, -0.05) is 12.1 Å². The van der Waals surface area contributed by atoms with Crippen molar-refractivity contribution in [3.05, 3.63) is 56.2 Å². The molecule has 0 spiro atoms. The predicted molar refractivity (Wildman–Crippen MR) is 109 cm³/mol. The van der Waals surface area contributed by atoms with Crippen molar-refractivity contribution in [3.8, 4) is 5.75 Å². The van der Waals surface area contributed by atoms with Gasteiger partial charge in [-0.3, -0.25) is 0 Å². The zero-order valence-electron chi connectivity index (χ0n) is 9.29. The van der Waals surface area contributed by atoms with Crippen LogP contribution in [0.15, 0.2) is 36.4 Å². The highest BCUT2D eigenvalue weighted by Crippen LogP contribution is 2.27. The fraction of sp³-hybridized carbons (Fsp3) is 0. The summed E-state index contributed by atoms with van der Waals surface area (Å²) in [6, 6.07) is 11.4. The molecule has 0 aliphatic carbocycles. The van der Waals surface area contributed by atoms with E-state index in [9.17, 15) is 4.79 Å². The molecule has 0 fully saturated rings. The molecular formula is C13H6I4O2. The van der Waals surface area contributed by atoms with Gasteiger partial charge in [0.05, 0.1) is 9.13 Å². The molecule has 0 N–H and O–H groups in total. The van der Waals surface area contributed by atoms with E-state index >= 15 is 0 Å². The Hall–Kier alpha value is 0.830. The van der Waals surface area contributed by atoms with Crippen LogP contribution < -0.4 is 4.74 Å². The summed E-state index contributed by atoms with van der Waals surface area (Å²) in [5.74, 6) is 0.287. The van der Waals surface area contributed by atoms with E-state index in [1.807, 2.05) is 30.3 Å². The van der Waals surface area contributed by atoms with E-state index in [0.717, 1.165) is 14.3 Å². The summed E-state index contributed by atoms with van der Waals surface area (Å²) < 4.78 is 9.29. The van der Waals surface area contributed by atoms with Gasteiger partial charge in [-0.25, -0.2) is 4.79 Å². The van der Waals surface area contributed by atoms with Gasteiger partial charge in [-0.2, -0.15) is 0 Å². The van der Waals surface area contributed by atoms with Crippen LogP contribution in [-0.4, -0.2) is 5.97 Å². The van der Waals surface area contributed by atoms with Crippen molar-refractivity contribution in [2.75, 3.05) is 0 Å². The predicted octanol–water partition coefficient (Wildman–Crippen LogP) is 5.32. The number of para-hydroxylation sites is 1. The number of ether oxygens (including phenoxy) is 1. The molecule has 6 heteroatoms. The fourth-order valence-electron chi connectivity index (χ4n) is 1.39. The first-order chi connectivity index (χ1) is 9.00. The normalized spacial score (nSPS) is 10.3. The molecular weight excluding hydrogens is 696 g/mol. The maximum atomic E-state index is 12.3. The van der Waals surface area contributed by atoms with E-state index in [0.29, 0.717) is 11.3 Å². The van der Waals surface area contributed by atoms with E-state index in [4.69, 9.17) is 4.74 Å². The minimum Gasteiger partial charge on any atom is -0.422 e. The van der Waals surface area contributed by atoms with Crippen molar-refractivity contribution in [2.24, 2.45) is 0 Å². The van der Waals surface area contributed by atoms with Crippen molar-refractivity contribution >= 4 is 96.3 Å². The summed E-state index contributed by atoms with van der Waals surface area (Å²) in [7, 11) is 0. The number of hydrogen-bond acceptors (Lipinski definition) is 2. The average molecular weight is 702 g/mol. The Balaban J connectivity index is 2.36. The second-order valence-electron chi connectivity index (χ2n) is 3.54. The lowest BCUT2D eigenvalue weighted by Gasteiger charge is -2.10. The van der Waals surface area contributed by atoms with Crippen LogP contribution in [0.4, 0.5) is 0 Å². The lowest BCUT2D eigenvalue weighted by molar-refractivity contribution is 0.0731. The van der Waals surface area contributed by atoms with E-state index in [1.165, 1.54) is 0 Å². The van der Waals surface area contributed by atoms with Crippen LogP contribution in [0.1, 0.15) is 10.4 Å². The molecule has 0 heterocycles. The Morgan fingerprint density at radius 2 is 1.47 bits per heavy atom. The number of benzene rings is 2. The quantitative estimate of drug-likeness (QED) is 0.184. The third kappa shape index (κ3) is 3.93. The number of carbonyl (C=O) groups excluding carboxylic acids is 1. The largest absolute Gasteiger partial charge is 0.422 e. The lowest BCUT2D eigenvalue weighted by Crippen LogP contribution is -2.13.